The third-order valence-corrected chi connectivity index (χ3v) is 5.68. The van der Waals surface area contributed by atoms with E-state index in [9.17, 15) is 0 Å². The SMILES string of the molecule is CC1CC(C)C(CN2CCCC(C)C2C)C(N)C1. The largest absolute Gasteiger partial charge is 0.327 e. The van der Waals surface area contributed by atoms with E-state index in [0.29, 0.717) is 12.0 Å². The topological polar surface area (TPSA) is 29.3 Å². The summed E-state index contributed by atoms with van der Waals surface area (Å²) < 4.78 is 0. The number of hydrogen-bond acceptors (Lipinski definition) is 2. The van der Waals surface area contributed by atoms with Gasteiger partial charge in [0.05, 0.1) is 0 Å². The Hall–Kier alpha value is -0.0800. The molecule has 1 heterocycles. The van der Waals surface area contributed by atoms with E-state index >= 15 is 0 Å². The van der Waals surface area contributed by atoms with E-state index in [1.54, 1.807) is 0 Å². The van der Waals surface area contributed by atoms with Crippen LogP contribution in [0, 0.1) is 23.7 Å². The van der Waals surface area contributed by atoms with Crippen LogP contribution in [0.5, 0.6) is 0 Å². The van der Waals surface area contributed by atoms with Gasteiger partial charge in [-0.1, -0.05) is 20.8 Å². The van der Waals surface area contributed by atoms with Gasteiger partial charge in [0.1, 0.15) is 0 Å². The van der Waals surface area contributed by atoms with Crippen molar-refractivity contribution < 1.29 is 0 Å². The molecule has 6 atom stereocenters. The Labute approximate surface area is 113 Å². The van der Waals surface area contributed by atoms with Gasteiger partial charge in [-0.2, -0.15) is 0 Å². The molecule has 2 rings (SSSR count). The van der Waals surface area contributed by atoms with Gasteiger partial charge >= 0.3 is 0 Å². The highest BCUT2D eigenvalue weighted by Crippen LogP contribution is 2.34. The van der Waals surface area contributed by atoms with Crippen molar-refractivity contribution in [3.8, 4) is 0 Å². The van der Waals surface area contributed by atoms with Crippen LogP contribution < -0.4 is 5.73 Å². The number of piperidine rings is 1. The fraction of sp³-hybridized carbons (Fsp3) is 1.00. The van der Waals surface area contributed by atoms with Crippen molar-refractivity contribution in [3.05, 3.63) is 0 Å². The maximum absolute atomic E-state index is 6.43. The molecule has 2 aliphatic rings. The Morgan fingerprint density at radius 2 is 1.78 bits per heavy atom. The maximum atomic E-state index is 6.43. The fourth-order valence-corrected chi connectivity index (χ4v) is 4.23. The first-order valence-electron chi connectivity index (χ1n) is 7.98. The summed E-state index contributed by atoms with van der Waals surface area (Å²) in [5, 5.41) is 0. The number of nitrogens with two attached hydrogens (primary N) is 1. The van der Waals surface area contributed by atoms with E-state index in [0.717, 1.165) is 23.8 Å². The Morgan fingerprint density at radius 1 is 1.06 bits per heavy atom. The Bertz CT molecular complexity index is 254. The van der Waals surface area contributed by atoms with Crippen molar-refractivity contribution in [2.24, 2.45) is 29.4 Å². The summed E-state index contributed by atoms with van der Waals surface area (Å²) in [5.41, 5.74) is 6.43. The molecular formula is C16H32N2. The molecule has 2 N–H and O–H groups in total. The molecule has 18 heavy (non-hydrogen) atoms. The molecule has 106 valence electrons. The summed E-state index contributed by atoms with van der Waals surface area (Å²) in [4.78, 5) is 2.71. The summed E-state index contributed by atoms with van der Waals surface area (Å²) in [6, 6.07) is 1.17. The van der Waals surface area contributed by atoms with Gasteiger partial charge in [-0.25, -0.2) is 0 Å². The van der Waals surface area contributed by atoms with E-state index in [1.165, 1.54) is 38.8 Å². The quantitative estimate of drug-likeness (QED) is 0.818. The zero-order chi connectivity index (χ0) is 13.3. The summed E-state index contributed by atoms with van der Waals surface area (Å²) in [7, 11) is 0. The Balaban J connectivity index is 1.95. The minimum absolute atomic E-state index is 0.424. The molecule has 1 saturated heterocycles. The molecule has 0 radical (unpaired) electrons. The number of hydrogen-bond donors (Lipinski definition) is 1. The molecule has 6 unspecified atom stereocenters. The molecule has 1 aliphatic heterocycles. The van der Waals surface area contributed by atoms with Crippen LogP contribution in [-0.4, -0.2) is 30.1 Å². The molecule has 0 spiro atoms. The van der Waals surface area contributed by atoms with Crippen LogP contribution in [0.25, 0.3) is 0 Å². The van der Waals surface area contributed by atoms with Gasteiger partial charge < -0.3 is 10.6 Å². The number of likely N-dealkylation sites (tertiary alicyclic amines) is 1. The minimum Gasteiger partial charge on any atom is -0.327 e. The monoisotopic (exact) mass is 252 g/mol. The van der Waals surface area contributed by atoms with Crippen LogP contribution in [0.3, 0.4) is 0 Å². The Morgan fingerprint density at radius 3 is 2.44 bits per heavy atom. The maximum Gasteiger partial charge on any atom is 0.00926 e. The molecule has 0 aromatic heterocycles. The second-order valence-corrected chi connectivity index (χ2v) is 7.24. The summed E-state index contributed by atoms with van der Waals surface area (Å²) in [5.74, 6) is 3.19. The molecule has 2 fully saturated rings. The zero-order valence-electron chi connectivity index (χ0n) is 12.7. The molecule has 1 saturated carbocycles. The predicted molar refractivity (Wildman–Crippen MR) is 78.5 cm³/mol. The highest BCUT2D eigenvalue weighted by Gasteiger charge is 2.35. The molecule has 0 aromatic carbocycles. The highest BCUT2D eigenvalue weighted by atomic mass is 15.2. The predicted octanol–water partition coefficient (Wildman–Crippen LogP) is 3.12. The second-order valence-electron chi connectivity index (χ2n) is 7.24. The van der Waals surface area contributed by atoms with E-state index < -0.39 is 0 Å². The van der Waals surface area contributed by atoms with Crippen LogP contribution in [0.1, 0.15) is 53.4 Å². The molecule has 2 heteroatoms. The van der Waals surface area contributed by atoms with Crippen molar-refractivity contribution in [2.75, 3.05) is 13.1 Å². The van der Waals surface area contributed by atoms with Crippen molar-refractivity contribution in [2.45, 2.75) is 65.5 Å². The van der Waals surface area contributed by atoms with Crippen LogP contribution in [-0.2, 0) is 0 Å². The third kappa shape index (κ3) is 3.08. The molecule has 0 bridgehead atoms. The van der Waals surface area contributed by atoms with Crippen LogP contribution in [0.15, 0.2) is 0 Å². The van der Waals surface area contributed by atoms with E-state index in [-0.39, 0.29) is 0 Å². The van der Waals surface area contributed by atoms with E-state index in [2.05, 4.69) is 32.6 Å². The lowest BCUT2D eigenvalue weighted by molar-refractivity contribution is 0.0564. The van der Waals surface area contributed by atoms with Gasteiger partial charge in [0.2, 0.25) is 0 Å². The van der Waals surface area contributed by atoms with Crippen molar-refractivity contribution >= 4 is 0 Å². The molecule has 0 amide bonds. The normalized spacial score (nSPS) is 47.2. The lowest BCUT2D eigenvalue weighted by Gasteiger charge is -2.45. The highest BCUT2D eigenvalue weighted by molar-refractivity contribution is 4.89. The number of rotatable bonds is 2. The zero-order valence-corrected chi connectivity index (χ0v) is 12.7. The first-order valence-corrected chi connectivity index (χ1v) is 7.98. The molecule has 0 aromatic rings. The van der Waals surface area contributed by atoms with Gasteiger partial charge in [0.15, 0.2) is 0 Å². The number of nitrogens with zero attached hydrogens (tertiary/aromatic N) is 1. The first-order chi connectivity index (χ1) is 8.49. The van der Waals surface area contributed by atoms with Crippen molar-refractivity contribution in [3.63, 3.8) is 0 Å². The standard InChI is InChI=1S/C16H32N2/c1-11-8-13(3)15(16(17)9-11)10-18-7-5-6-12(2)14(18)4/h11-16H,5-10,17H2,1-4H3. The minimum atomic E-state index is 0.424. The van der Waals surface area contributed by atoms with Crippen LogP contribution in [0.2, 0.25) is 0 Å². The summed E-state index contributed by atoms with van der Waals surface area (Å²) >= 11 is 0. The first kappa shape index (κ1) is 14.3. The molecule has 2 nitrogen and oxygen atoms in total. The van der Waals surface area contributed by atoms with Crippen molar-refractivity contribution in [1.82, 2.24) is 4.90 Å². The van der Waals surface area contributed by atoms with Gasteiger partial charge in [-0.15, -0.1) is 0 Å². The lowest BCUT2D eigenvalue weighted by Crippen LogP contribution is -2.51. The van der Waals surface area contributed by atoms with Crippen LogP contribution in [0.4, 0.5) is 0 Å². The third-order valence-electron chi connectivity index (χ3n) is 5.68. The fourth-order valence-electron chi connectivity index (χ4n) is 4.23. The van der Waals surface area contributed by atoms with E-state index in [1.807, 2.05) is 0 Å². The average Bonchev–Trinajstić information content (AvgIpc) is 2.28. The van der Waals surface area contributed by atoms with Gasteiger partial charge in [0, 0.05) is 18.6 Å². The van der Waals surface area contributed by atoms with Crippen LogP contribution >= 0.6 is 0 Å². The van der Waals surface area contributed by atoms with Gasteiger partial charge in [-0.3, -0.25) is 0 Å². The average molecular weight is 252 g/mol. The smallest absolute Gasteiger partial charge is 0.00926 e. The second kappa shape index (κ2) is 5.92. The van der Waals surface area contributed by atoms with Gasteiger partial charge in [0.25, 0.3) is 0 Å². The van der Waals surface area contributed by atoms with Crippen molar-refractivity contribution in [1.29, 1.82) is 0 Å². The van der Waals surface area contributed by atoms with Gasteiger partial charge in [-0.05, 0) is 62.8 Å². The van der Waals surface area contributed by atoms with E-state index in [4.69, 9.17) is 5.73 Å². The Kier molecular flexibility index (Phi) is 4.71. The lowest BCUT2D eigenvalue weighted by atomic mass is 9.72. The summed E-state index contributed by atoms with van der Waals surface area (Å²) in [6.07, 6.45) is 5.38. The molecular weight excluding hydrogens is 220 g/mol. The summed E-state index contributed by atoms with van der Waals surface area (Å²) in [6.45, 7) is 12.1. The molecule has 1 aliphatic carbocycles.